The zero-order valence-electron chi connectivity index (χ0n) is 9.82. The Kier molecular flexibility index (Phi) is 7.65. The number of carbonyl (C=O) groups excluding carboxylic acids is 1. The highest BCUT2D eigenvalue weighted by Crippen LogP contribution is 2.04. The maximum atomic E-state index is 11.3. The van der Waals surface area contributed by atoms with E-state index in [0.717, 1.165) is 19.4 Å². The number of ether oxygens (including phenoxy) is 1. The van der Waals surface area contributed by atoms with E-state index >= 15 is 0 Å². The molecular weight excluding hydrogens is 192 g/mol. The van der Waals surface area contributed by atoms with Gasteiger partial charge in [-0.2, -0.15) is 5.26 Å². The van der Waals surface area contributed by atoms with Crippen LogP contribution < -0.4 is 0 Å². The molecule has 0 aliphatic carbocycles. The van der Waals surface area contributed by atoms with Crippen molar-refractivity contribution in [3.05, 3.63) is 0 Å². The fraction of sp³-hybridized carbons (Fsp3) is 0.818. The van der Waals surface area contributed by atoms with Crippen LogP contribution in [0.5, 0.6) is 0 Å². The number of carbonyl (C=O) groups is 1. The molecule has 0 radical (unpaired) electrons. The molecule has 0 amide bonds. The molecule has 0 aromatic rings. The standard InChI is InChI=1S/C11H20N2O2/c1-4-7-13(10(5-2)8-12)9-11(14)15-6-3/h10H,4-7,9H2,1-3H3. The van der Waals surface area contributed by atoms with Crippen molar-refractivity contribution in [3.8, 4) is 6.07 Å². The first-order valence-electron chi connectivity index (χ1n) is 5.48. The largest absolute Gasteiger partial charge is 0.465 e. The molecule has 4 nitrogen and oxygen atoms in total. The molecule has 0 N–H and O–H groups in total. The topological polar surface area (TPSA) is 53.3 Å². The van der Waals surface area contributed by atoms with Crippen LogP contribution in [-0.2, 0) is 9.53 Å². The Morgan fingerprint density at radius 2 is 2.13 bits per heavy atom. The second-order valence-electron chi connectivity index (χ2n) is 3.33. The summed E-state index contributed by atoms with van der Waals surface area (Å²) < 4.78 is 4.87. The quantitative estimate of drug-likeness (QED) is 0.601. The van der Waals surface area contributed by atoms with Crippen LogP contribution in [0, 0.1) is 11.3 Å². The van der Waals surface area contributed by atoms with Crippen LogP contribution in [0.25, 0.3) is 0 Å². The summed E-state index contributed by atoms with van der Waals surface area (Å²) in [6.07, 6.45) is 1.66. The molecule has 0 saturated carbocycles. The molecule has 0 bridgehead atoms. The van der Waals surface area contributed by atoms with Crippen molar-refractivity contribution in [3.63, 3.8) is 0 Å². The number of rotatable bonds is 7. The van der Waals surface area contributed by atoms with Gasteiger partial charge in [0.25, 0.3) is 0 Å². The van der Waals surface area contributed by atoms with Gasteiger partial charge in [-0.15, -0.1) is 0 Å². The lowest BCUT2D eigenvalue weighted by Crippen LogP contribution is -2.39. The summed E-state index contributed by atoms with van der Waals surface area (Å²) >= 11 is 0. The number of hydrogen-bond donors (Lipinski definition) is 0. The minimum absolute atomic E-state index is 0.186. The van der Waals surface area contributed by atoms with E-state index in [-0.39, 0.29) is 18.6 Å². The van der Waals surface area contributed by atoms with E-state index in [2.05, 4.69) is 6.07 Å². The molecule has 0 fully saturated rings. The maximum Gasteiger partial charge on any atom is 0.320 e. The number of esters is 1. The van der Waals surface area contributed by atoms with Crippen LogP contribution in [0.2, 0.25) is 0 Å². The Morgan fingerprint density at radius 3 is 2.53 bits per heavy atom. The first-order chi connectivity index (χ1) is 7.19. The molecule has 1 atom stereocenters. The first-order valence-corrected chi connectivity index (χ1v) is 5.48. The average molecular weight is 212 g/mol. The summed E-state index contributed by atoms with van der Waals surface area (Å²) in [7, 11) is 0. The lowest BCUT2D eigenvalue weighted by Gasteiger charge is -2.24. The minimum Gasteiger partial charge on any atom is -0.465 e. The third-order valence-electron chi connectivity index (χ3n) is 2.12. The first kappa shape index (κ1) is 13.9. The van der Waals surface area contributed by atoms with Gasteiger partial charge in [-0.05, 0) is 26.3 Å². The molecule has 0 saturated heterocycles. The monoisotopic (exact) mass is 212 g/mol. The Morgan fingerprint density at radius 1 is 1.47 bits per heavy atom. The third-order valence-corrected chi connectivity index (χ3v) is 2.12. The lowest BCUT2D eigenvalue weighted by atomic mass is 10.2. The molecular formula is C11H20N2O2. The molecule has 0 aromatic carbocycles. The van der Waals surface area contributed by atoms with Crippen molar-refractivity contribution in [1.82, 2.24) is 4.90 Å². The third kappa shape index (κ3) is 5.38. The SMILES string of the molecule is CCCN(CC(=O)OCC)C(C#N)CC. The van der Waals surface area contributed by atoms with E-state index in [1.807, 2.05) is 18.7 Å². The van der Waals surface area contributed by atoms with E-state index in [9.17, 15) is 4.79 Å². The maximum absolute atomic E-state index is 11.3. The van der Waals surface area contributed by atoms with Crippen molar-refractivity contribution in [2.45, 2.75) is 39.7 Å². The van der Waals surface area contributed by atoms with Gasteiger partial charge >= 0.3 is 5.97 Å². The van der Waals surface area contributed by atoms with E-state index in [0.29, 0.717) is 6.61 Å². The summed E-state index contributed by atoms with van der Waals surface area (Å²) in [5.41, 5.74) is 0. The van der Waals surface area contributed by atoms with Gasteiger partial charge in [0.1, 0.15) is 0 Å². The van der Waals surface area contributed by atoms with Crippen molar-refractivity contribution in [2.24, 2.45) is 0 Å². The summed E-state index contributed by atoms with van der Waals surface area (Å²) in [6, 6.07) is 2.02. The summed E-state index contributed by atoms with van der Waals surface area (Å²) in [5.74, 6) is -0.250. The van der Waals surface area contributed by atoms with Gasteiger partial charge in [0.05, 0.1) is 25.3 Å². The van der Waals surface area contributed by atoms with Crippen molar-refractivity contribution >= 4 is 5.97 Å². The number of nitriles is 1. The minimum atomic E-state index is -0.250. The Balaban J connectivity index is 4.26. The average Bonchev–Trinajstić information content (AvgIpc) is 2.20. The van der Waals surface area contributed by atoms with E-state index in [1.165, 1.54) is 0 Å². The normalized spacial score (nSPS) is 12.2. The molecule has 0 aromatic heterocycles. The van der Waals surface area contributed by atoms with Crippen molar-refractivity contribution < 1.29 is 9.53 Å². The molecule has 0 spiro atoms. The van der Waals surface area contributed by atoms with E-state index < -0.39 is 0 Å². The van der Waals surface area contributed by atoms with Gasteiger partial charge < -0.3 is 4.74 Å². The molecule has 86 valence electrons. The zero-order valence-corrected chi connectivity index (χ0v) is 9.82. The molecule has 0 heterocycles. The highest BCUT2D eigenvalue weighted by atomic mass is 16.5. The number of hydrogen-bond acceptors (Lipinski definition) is 4. The fourth-order valence-corrected chi connectivity index (χ4v) is 1.44. The molecule has 4 heteroatoms. The van der Waals surface area contributed by atoms with Crippen LogP contribution in [0.4, 0.5) is 0 Å². The van der Waals surface area contributed by atoms with Gasteiger partial charge in [-0.1, -0.05) is 13.8 Å². The van der Waals surface area contributed by atoms with Crippen LogP contribution in [-0.4, -0.2) is 36.6 Å². The van der Waals surface area contributed by atoms with Gasteiger partial charge in [0.15, 0.2) is 0 Å². The smallest absolute Gasteiger partial charge is 0.320 e. The van der Waals surface area contributed by atoms with Crippen molar-refractivity contribution in [1.29, 1.82) is 5.26 Å². The Bertz CT molecular complexity index is 223. The van der Waals surface area contributed by atoms with Crippen LogP contribution in [0.1, 0.15) is 33.6 Å². The summed E-state index contributed by atoms with van der Waals surface area (Å²) in [5, 5.41) is 8.92. The second-order valence-corrected chi connectivity index (χ2v) is 3.33. The molecule has 1 unspecified atom stereocenters. The number of nitrogens with zero attached hydrogens (tertiary/aromatic N) is 2. The van der Waals surface area contributed by atoms with Crippen molar-refractivity contribution in [2.75, 3.05) is 19.7 Å². The van der Waals surface area contributed by atoms with Crippen LogP contribution in [0.3, 0.4) is 0 Å². The van der Waals surface area contributed by atoms with E-state index in [1.54, 1.807) is 6.92 Å². The summed E-state index contributed by atoms with van der Waals surface area (Å²) in [4.78, 5) is 13.2. The predicted molar refractivity (Wildman–Crippen MR) is 58.2 cm³/mol. The van der Waals surface area contributed by atoms with Gasteiger partial charge in [-0.3, -0.25) is 9.69 Å². The molecule has 15 heavy (non-hydrogen) atoms. The van der Waals surface area contributed by atoms with Gasteiger partial charge in [-0.25, -0.2) is 0 Å². The summed E-state index contributed by atoms with van der Waals surface area (Å²) in [6.45, 7) is 7.12. The highest BCUT2D eigenvalue weighted by Gasteiger charge is 2.18. The Hall–Kier alpha value is -1.08. The Labute approximate surface area is 91.8 Å². The molecule has 0 aliphatic rings. The van der Waals surface area contributed by atoms with Crippen LogP contribution in [0.15, 0.2) is 0 Å². The zero-order chi connectivity index (χ0) is 11.7. The van der Waals surface area contributed by atoms with Gasteiger partial charge in [0.2, 0.25) is 0 Å². The van der Waals surface area contributed by atoms with Crippen LogP contribution >= 0.6 is 0 Å². The predicted octanol–water partition coefficient (Wildman–Crippen LogP) is 1.56. The van der Waals surface area contributed by atoms with E-state index in [4.69, 9.17) is 10.00 Å². The highest BCUT2D eigenvalue weighted by molar-refractivity contribution is 5.71. The fourth-order valence-electron chi connectivity index (χ4n) is 1.44. The lowest BCUT2D eigenvalue weighted by molar-refractivity contribution is -0.144. The molecule has 0 rings (SSSR count). The van der Waals surface area contributed by atoms with Gasteiger partial charge in [0, 0.05) is 0 Å². The second kappa shape index (κ2) is 8.25. The molecule has 0 aliphatic heterocycles.